The molecule has 3 N–H and O–H groups in total. The summed E-state index contributed by atoms with van der Waals surface area (Å²) in [5.41, 5.74) is 0.581. The number of nitrogens with one attached hydrogen (secondary N) is 3. The lowest BCUT2D eigenvalue weighted by atomic mass is 10.1. The fourth-order valence-electron chi connectivity index (χ4n) is 3.74. The molecule has 1 unspecified atom stereocenters. The quantitative estimate of drug-likeness (QED) is 0.376. The van der Waals surface area contributed by atoms with Crippen LogP contribution in [0, 0.1) is 0 Å². The van der Waals surface area contributed by atoms with Crippen LogP contribution in [0.5, 0.6) is 0 Å². The number of aromatic nitrogens is 1. The number of benzene rings is 2. The summed E-state index contributed by atoms with van der Waals surface area (Å²) in [4.78, 5) is 46.4. The number of urea groups is 1. The Balaban J connectivity index is 1.44. The number of piperazine rings is 1. The van der Waals surface area contributed by atoms with Crippen LogP contribution in [0.15, 0.2) is 65.7 Å². The molecule has 2 aromatic carbocycles. The van der Waals surface area contributed by atoms with Gasteiger partial charge in [0.05, 0.1) is 26.0 Å². The molecular weight excluding hydrogens is 563 g/mol. The van der Waals surface area contributed by atoms with E-state index in [4.69, 9.17) is 23.2 Å². The topological polar surface area (TPSA) is 124 Å². The molecule has 0 radical (unpaired) electrons. The first-order valence-corrected chi connectivity index (χ1v) is 14.3. The van der Waals surface area contributed by atoms with Crippen molar-refractivity contribution in [3.05, 3.63) is 82.0 Å². The first-order chi connectivity index (χ1) is 18.5. The molecule has 1 saturated heterocycles. The predicted octanol–water partition coefficient (Wildman–Crippen LogP) is 3.84. The van der Waals surface area contributed by atoms with Gasteiger partial charge in [-0.1, -0.05) is 23.2 Å². The maximum atomic E-state index is 13.1. The highest BCUT2D eigenvalue weighted by molar-refractivity contribution is 7.99. The van der Waals surface area contributed by atoms with E-state index in [0.29, 0.717) is 23.1 Å². The Hall–Kier alpha value is -3.64. The van der Waals surface area contributed by atoms with E-state index in [1.807, 2.05) is 7.05 Å². The molecule has 13 heteroatoms. The average Bonchev–Trinajstić information content (AvgIpc) is 2.91. The molecule has 10 nitrogen and oxygen atoms in total. The van der Waals surface area contributed by atoms with Crippen LogP contribution in [-0.4, -0.2) is 75.9 Å². The minimum Gasteiger partial charge on any atom is -0.321 e. The van der Waals surface area contributed by atoms with E-state index in [1.54, 1.807) is 23.1 Å². The molecular formula is C26H26Cl2N6O4S. The van der Waals surface area contributed by atoms with E-state index in [-0.39, 0.29) is 27.5 Å². The van der Waals surface area contributed by atoms with Gasteiger partial charge in [-0.2, -0.15) is 0 Å². The fourth-order valence-corrected chi connectivity index (χ4v) is 5.13. The second-order valence-corrected chi connectivity index (χ2v) is 11.8. The van der Waals surface area contributed by atoms with Gasteiger partial charge in [0.25, 0.3) is 11.8 Å². The molecule has 2 heterocycles. The first-order valence-electron chi connectivity index (χ1n) is 11.8. The smallest absolute Gasteiger partial charge is 0.321 e. The Bertz CT molecular complexity index is 1490. The molecule has 0 bridgehead atoms. The van der Waals surface area contributed by atoms with E-state index in [0.717, 1.165) is 13.1 Å². The van der Waals surface area contributed by atoms with E-state index in [1.165, 1.54) is 42.6 Å². The van der Waals surface area contributed by atoms with Crippen LogP contribution in [0.25, 0.3) is 0 Å². The zero-order valence-corrected chi connectivity index (χ0v) is 23.3. The average molecular weight is 590 g/mol. The lowest BCUT2D eigenvalue weighted by molar-refractivity contribution is 0.102. The summed E-state index contributed by atoms with van der Waals surface area (Å²) in [6.07, 6.45) is 1.39. The third kappa shape index (κ3) is 7.27. The monoisotopic (exact) mass is 588 g/mol. The summed E-state index contributed by atoms with van der Waals surface area (Å²) >= 11 is 11.9. The second-order valence-electron chi connectivity index (χ2n) is 8.86. The molecule has 1 fully saturated rings. The zero-order chi connectivity index (χ0) is 28.2. The molecule has 3 aromatic rings. The summed E-state index contributed by atoms with van der Waals surface area (Å²) in [5.74, 6) is 2.92. The standard InChI is InChI=1S/C26H26Cl2N6O4S/c1-33-11-13-34(14-12-33)26(37)32-39(2,38)20-7-3-17(4-8-20)24(35)30-22-9-5-18(27)15-21(22)25(36)31-23-10-6-19(28)16-29-23/h3-10,15-16H,2,11-14H2,1H3,(H,30,35)(H,29,31,36)(H,32,37,38). The Labute approximate surface area is 236 Å². The van der Waals surface area contributed by atoms with E-state index in [9.17, 15) is 18.6 Å². The normalized spacial score (nSPS) is 15.2. The maximum absolute atomic E-state index is 13.1. The number of likely N-dealkylation sites (N-methyl/N-ethyl adjacent to an activating group) is 1. The first kappa shape index (κ1) is 28.4. The van der Waals surface area contributed by atoms with Crippen molar-refractivity contribution < 1.29 is 18.6 Å². The van der Waals surface area contributed by atoms with Crippen molar-refractivity contribution in [3.63, 3.8) is 0 Å². The Morgan fingerprint density at radius 2 is 1.56 bits per heavy atom. The van der Waals surface area contributed by atoms with Gasteiger partial charge in [0.2, 0.25) is 0 Å². The van der Waals surface area contributed by atoms with Crippen LogP contribution < -0.4 is 15.4 Å². The second kappa shape index (κ2) is 12.0. The number of amides is 4. The lowest BCUT2D eigenvalue weighted by Crippen LogP contribution is -2.51. The van der Waals surface area contributed by atoms with E-state index >= 15 is 0 Å². The Morgan fingerprint density at radius 1 is 0.897 bits per heavy atom. The number of anilines is 2. The van der Waals surface area contributed by atoms with Gasteiger partial charge >= 0.3 is 6.03 Å². The number of pyridine rings is 1. The van der Waals surface area contributed by atoms with Crippen molar-refractivity contribution in [1.82, 2.24) is 19.5 Å². The Morgan fingerprint density at radius 3 is 2.21 bits per heavy atom. The minimum absolute atomic E-state index is 0.122. The lowest BCUT2D eigenvalue weighted by Gasteiger charge is -2.32. The van der Waals surface area contributed by atoms with Crippen LogP contribution in [0.4, 0.5) is 16.3 Å². The van der Waals surface area contributed by atoms with Gasteiger partial charge in [-0.05, 0) is 67.5 Å². The van der Waals surface area contributed by atoms with Gasteiger partial charge in [-0.15, -0.1) is 0 Å². The molecule has 4 rings (SSSR count). The summed E-state index contributed by atoms with van der Waals surface area (Å²) in [6.45, 7) is 2.50. The number of hydrogen-bond acceptors (Lipinski definition) is 6. The number of carbonyl (C=O) groups is 3. The van der Waals surface area contributed by atoms with Gasteiger partial charge < -0.3 is 20.4 Å². The maximum Gasteiger partial charge on any atom is 0.329 e. The molecule has 204 valence electrons. The van der Waals surface area contributed by atoms with Crippen molar-refractivity contribution >= 4 is 68.1 Å². The van der Waals surface area contributed by atoms with Crippen molar-refractivity contribution in [2.45, 2.75) is 4.90 Å². The zero-order valence-electron chi connectivity index (χ0n) is 20.9. The van der Waals surface area contributed by atoms with Crippen LogP contribution in [0.3, 0.4) is 0 Å². The molecule has 0 saturated carbocycles. The van der Waals surface area contributed by atoms with E-state index in [2.05, 4.69) is 31.1 Å². The molecule has 0 spiro atoms. The largest absolute Gasteiger partial charge is 0.329 e. The predicted molar refractivity (Wildman–Crippen MR) is 154 cm³/mol. The van der Waals surface area contributed by atoms with Gasteiger partial charge in [-0.3, -0.25) is 14.3 Å². The van der Waals surface area contributed by atoms with E-state index < -0.39 is 27.6 Å². The molecule has 1 atom stereocenters. The molecule has 39 heavy (non-hydrogen) atoms. The van der Waals surface area contributed by atoms with Gasteiger partial charge in [-0.25, -0.2) is 14.0 Å². The summed E-state index contributed by atoms with van der Waals surface area (Å²) in [6, 6.07) is 13.0. The minimum atomic E-state index is -3.15. The summed E-state index contributed by atoms with van der Waals surface area (Å²) in [7, 11) is -1.18. The third-order valence-electron chi connectivity index (χ3n) is 5.98. The van der Waals surface area contributed by atoms with Gasteiger partial charge in [0.1, 0.15) is 5.82 Å². The molecule has 4 amide bonds. The van der Waals surface area contributed by atoms with Crippen molar-refractivity contribution in [2.75, 3.05) is 43.9 Å². The number of halogens is 2. The van der Waals surface area contributed by atoms with Crippen molar-refractivity contribution in [2.24, 2.45) is 0 Å². The fraction of sp³-hybridized carbons (Fsp3) is 0.192. The number of nitrogens with zero attached hydrogens (tertiary/aromatic N) is 3. The van der Waals surface area contributed by atoms with Crippen LogP contribution in [0.1, 0.15) is 20.7 Å². The van der Waals surface area contributed by atoms with Crippen molar-refractivity contribution in [1.29, 1.82) is 0 Å². The SMILES string of the molecule is C=S(=O)(NC(=O)N1CCN(C)CC1)c1ccc(C(=O)Nc2ccc(Cl)cc2C(=O)Nc2ccc(Cl)cn2)cc1. The van der Waals surface area contributed by atoms with Crippen LogP contribution in [-0.2, 0) is 9.71 Å². The third-order valence-corrected chi connectivity index (χ3v) is 7.98. The number of hydrogen-bond donors (Lipinski definition) is 3. The van der Waals surface area contributed by atoms with Crippen LogP contribution in [0.2, 0.25) is 10.0 Å². The van der Waals surface area contributed by atoms with Crippen LogP contribution >= 0.6 is 23.2 Å². The highest BCUT2D eigenvalue weighted by atomic mass is 35.5. The number of carbonyl (C=O) groups excluding carboxylic acids is 3. The highest BCUT2D eigenvalue weighted by Crippen LogP contribution is 2.23. The molecule has 1 aliphatic rings. The Kier molecular flexibility index (Phi) is 8.76. The summed E-state index contributed by atoms with van der Waals surface area (Å²) in [5, 5.41) is 6.05. The highest BCUT2D eigenvalue weighted by Gasteiger charge is 2.22. The number of rotatable bonds is 6. The summed E-state index contributed by atoms with van der Waals surface area (Å²) < 4.78 is 15.7. The van der Waals surface area contributed by atoms with Gasteiger partial charge in [0.15, 0.2) is 0 Å². The van der Waals surface area contributed by atoms with Crippen molar-refractivity contribution in [3.8, 4) is 0 Å². The molecule has 1 aromatic heterocycles. The molecule has 1 aliphatic heterocycles. The van der Waals surface area contributed by atoms with Gasteiger partial charge in [0, 0.05) is 47.9 Å². The molecule has 0 aliphatic carbocycles.